The number of hydrogen-bond donors (Lipinski definition) is 1. The first-order valence-corrected chi connectivity index (χ1v) is 8.15. The minimum atomic E-state index is 0.489. The molecule has 0 spiro atoms. The van der Waals surface area contributed by atoms with Crippen LogP contribution < -0.4 is 0 Å². The second-order valence-corrected chi connectivity index (χ2v) is 6.77. The summed E-state index contributed by atoms with van der Waals surface area (Å²) in [5, 5.41) is 0. The average Bonchev–Trinajstić information content (AvgIpc) is 2.78. The van der Waals surface area contributed by atoms with Gasteiger partial charge in [0.15, 0.2) is 0 Å². The van der Waals surface area contributed by atoms with E-state index in [0.717, 1.165) is 5.75 Å². The molecule has 0 nitrogen and oxygen atoms in total. The quantitative estimate of drug-likeness (QED) is 0.600. The van der Waals surface area contributed by atoms with Gasteiger partial charge in [-0.05, 0) is 52.1 Å². The summed E-state index contributed by atoms with van der Waals surface area (Å²) in [5.74, 6) is 2.24. The van der Waals surface area contributed by atoms with Crippen LogP contribution in [-0.4, -0.2) is 11.5 Å². The molecule has 1 aliphatic rings. The van der Waals surface area contributed by atoms with E-state index < -0.39 is 0 Å². The number of rotatable bonds is 4. The second kappa shape index (κ2) is 5.83. The summed E-state index contributed by atoms with van der Waals surface area (Å²) in [4.78, 5) is 1.36. The van der Waals surface area contributed by atoms with Crippen molar-refractivity contribution in [2.45, 2.75) is 30.6 Å². The van der Waals surface area contributed by atoms with Crippen molar-refractivity contribution in [2.75, 3.05) is 11.5 Å². The molecule has 1 aromatic carbocycles. The topological polar surface area (TPSA) is 0 Å². The van der Waals surface area contributed by atoms with E-state index in [1.807, 2.05) is 11.8 Å². The average molecular weight is 317 g/mol. The molecule has 0 aromatic heterocycles. The van der Waals surface area contributed by atoms with Crippen molar-refractivity contribution in [3.8, 4) is 0 Å². The lowest BCUT2D eigenvalue weighted by Crippen LogP contribution is -2.21. The van der Waals surface area contributed by atoms with Gasteiger partial charge in [0, 0.05) is 15.1 Å². The molecule has 0 radical (unpaired) electrons. The summed E-state index contributed by atoms with van der Waals surface area (Å²) < 4.78 is 1.22. The number of thioether (sulfide) groups is 1. The molecule has 88 valence electrons. The molecular weight excluding hydrogens is 300 g/mol. The van der Waals surface area contributed by atoms with E-state index in [-0.39, 0.29) is 0 Å². The number of halogens is 1. The third kappa shape index (κ3) is 2.99. The van der Waals surface area contributed by atoms with E-state index >= 15 is 0 Å². The van der Waals surface area contributed by atoms with Gasteiger partial charge in [-0.25, -0.2) is 0 Å². The highest BCUT2D eigenvalue weighted by Gasteiger charge is 2.32. The summed E-state index contributed by atoms with van der Waals surface area (Å²) in [5.41, 5.74) is 0.489. The third-order valence-electron chi connectivity index (χ3n) is 3.37. The predicted octanol–water partition coefficient (Wildman–Crippen LogP) is 5.03. The second-order valence-electron chi connectivity index (χ2n) is 4.58. The van der Waals surface area contributed by atoms with Crippen LogP contribution >= 0.6 is 40.3 Å². The summed E-state index contributed by atoms with van der Waals surface area (Å²) in [6, 6.07) is 8.48. The molecule has 1 fully saturated rings. The van der Waals surface area contributed by atoms with Gasteiger partial charge in [-0.3, -0.25) is 0 Å². The van der Waals surface area contributed by atoms with E-state index in [4.69, 9.17) is 0 Å². The third-order valence-corrected chi connectivity index (χ3v) is 6.42. The molecule has 0 unspecified atom stereocenters. The summed E-state index contributed by atoms with van der Waals surface area (Å²) in [6.45, 7) is 0. The lowest BCUT2D eigenvalue weighted by molar-refractivity contribution is 0.403. The van der Waals surface area contributed by atoms with Crippen molar-refractivity contribution in [1.29, 1.82) is 0 Å². The van der Waals surface area contributed by atoms with E-state index in [1.54, 1.807) is 0 Å². The van der Waals surface area contributed by atoms with Crippen molar-refractivity contribution in [3.05, 3.63) is 28.7 Å². The van der Waals surface area contributed by atoms with Crippen molar-refractivity contribution >= 4 is 40.3 Å². The van der Waals surface area contributed by atoms with Crippen LogP contribution in [0.4, 0.5) is 0 Å². The van der Waals surface area contributed by atoms with E-state index in [2.05, 4.69) is 52.8 Å². The number of thiol groups is 1. The maximum Gasteiger partial charge on any atom is 0.0311 e. The van der Waals surface area contributed by atoms with Crippen LogP contribution in [0.2, 0.25) is 0 Å². The molecular formula is C13H17BrS2. The highest BCUT2D eigenvalue weighted by Crippen LogP contribution is 2.43. The molecule has 1 saturated carbocycles. The molecule has 16 heavy (non-hydrogen) atoms. The molecule has 0 saturated heterocycles. The molecule has 0 aliphatic heterocycles. The normalized spacial score (nSPS) is 18.9. The minimum absolute atomic E-state index is 0.489. The Balaban J connectivity index is 1.98. The Morgan fingerprint density at radius 1 is 1.25 bits per heavy atom. The van der Waals surface area contributed by atoms with Gasteiger partial charge < -0.3 is 0 Å². The molecule has 0 heterocycles. The van der Waals surface area contributed by atoms with Gasteiger partial charge >= 0.3 is 0 Å². The first-order chi connectivity index (χ1) is 7.76. The largest absolute Gasteiger partial charge is 0.179 e. The molecule has 3 heteroatoms. The first-order valence-electron chi connectivity index (χ1n) is 5.74. The van der Waals surface area contributed by atoms with Gasteiger partial charge in [0.05, 0.1) is 0 Å². The van der Waals surface area contributed by atoms with Gasteiger partial charge in [-0.15, -0.1) is 11.8 Å². The Morgan fingerprint density at radius 3 is 2.56 bits per heavy atom. The molecule has 1 aromatic rings. The maximum atomic E-state index is 4.55. The minimum Gasteiger partial charge on any atom is -0.179 e. The lowest BCUT2D eigenvalue weighted by Gasteiger charge is -2.26. The lowest BCUT2D eigenvalue weighted by atomic mass is 9.91. The Hall–Kier alpha value is 0.400. The van der Waals surface area contributed by atoms with Gasteiger partial charge in [0.25, 0.3) is 0 Å². The summed E-state index contributed by atoms with van der Waals surface area (Å²) >= 11 is 10.1. The summed E-state index contributed by atoms with van der Waals surface area (Å²) in [7, 11) is 0. The van der Waals surface area contributed by atoms with E-state index in [0.29, 0.717) is 5.41 Å². The van der Waals surface area contributed by atoms with E-state index in [1.165, 1.54) is 40.8 Å². The van der Waals surface area contributed by atoms with Crippen LogP contribution in [0.15, 0.2) is 33.6 Å². The maximum absolute atomic E-state index is 4.55. The fourth-order valence-electron chi connectivity index (χ4n) is 2.27. The van der Waals surface area contributed by atoms with Gasteiger partial charge in [0.2, 0.25) is 0 Å². The van der Waals surface area contributed by atoms with Gasteiger partial charge in [0.1, 0.15) is 0 Å². The van der Waals surface area contributed by atoms with Crippen LogP contribution in [0.1, 0.15) is 25.7 Å². The zero-order valence-corrected chi connectivity index (χ0v) is 12.6. The molecule has 0 N–H and O–H groups in total. The highest BCUT2D eigenvalue weighted by molar-refractivity contribution is 9.10. The Kier molecular flexibility index (Phi) is 4.68. The Labute approximate surface area is 116 Å². The van der Waals surface area contributed by atoms with E-state index in [9.17, 15) is 0 Å². The van der Waals surface area contributed by atoms with Crippen LogP contribution in [0, 0.1) is 5.41 Å². The van der Waals surface area contributed by atoms with Gasteiger partial charge in [-0.2, -0.15) is 12.6 Å². The number of benzene rings is 1. The Bertz CT molecular complexity index is 346. The fourth-order valence-corrected chi connectivity index (χ4v) is 4.71. The molecule has 0 amide bonds. The molecule has 2 rings (SSSR count). The predicted molar refractivity (Wildman–Crippen MR) is 79.6 cm³/mol. The van der Waals surface area contributed by atoms with Crippen molar-refractivity contribution in [2.24, 2.45) is 5.41 Å². The van der Waals surface area contributed by atoms with Crippen LogP contribution in [0.25, 0.3) is 0 Å². The fraction of sp³-hybridized carbons (Fsp3) is 0.538. The zero-order valence-electron chi connectivity index (χ0n) is 9.29. The summed E-state index contributed by atoms with van der Waals surface area (Å²) in [6.07, 6.45) is 5.48. The first kappa shape index (κ1) is 12.8. The Morgan fingerprint density at radius 2 is 1.94 bits per heavy atom. The van der Waals surface area contributed by atoms with Crippen LogP contribution in [0.5, 0.6) is 0 Å². The van der Waals surface area contributed by atoms with Gasteiger partial charge in [-0.1, -0.05) is 25.0 Å². The molecule has 0 bridgehead atoms. The smallest absolute Gasteiger partial charge is 0.0311 e. The van der Waals surface area contributed by atoms with Crippen molar-refractivity contribution < 1.29 is 0 Å². The van der Waals surface area contributed by atoms with Crippen molar-refractivity contribution in [3.63, 3.8) is 0 Å². The standard InChI is InChI=1S/C13H17BrS2/c14-11-5-1-2-6-12(11)16-10-13(9-15)7-3-4-8-13/h1-2,5-6,15H,3-4,7-10H2. The molecule has 1 aliphatic carbocycles. The van der Waals surface area contributed by atoms with Crippen LogP contribution in [-0.2, 0) is 0 Å². The number of hydrogen-bond acceptors (Lipinski definition) is 2. The van der Waals surface area contributed by atoms with Crippen molar-refractivity contribution in [1.82, 2.24) is 0 Å². The zero-order chi connectivity index (χ0) is 11.4. The monoisotopic (exact) mass is 316 g/mol. The molecule has 0 atom stereocenters. The highest BCUT2D eigenvalue weighted by atomic mass is 79.9. The SMILES string of the molecule is SCC1(CSc2ccccc2Br)CCCC1. The van der Waals surface area contributed by atoms with Crippen LogP contribution in [0.3, 0.4) is 0 Å².